The third kappa shape index (κ3) is 7.45. The Morgan fingerprint density at radius 3 is 2.51 bits per heavy atom. The van der Waals surface area contributed by atoms with E-state index in [9.17, 15) is 9.59 Å². The lowest BCUT2D eigenvalue weighted by atomic mass is 10.0. The first-order valence-corrected chi connectivity index (χ1v) is 17.2. The van der Waals surface area contributed by atoms with Gasteiger partial charge in [-0.3, -0.25) is 9.69 Å². The third-order valence-electron chi connectivity index (χ3n) is 6.55. The summed E-state index contributed by atoms with van der Waals surface area (Å²) in [6.45, 7) is 15.5. The highest BCUT2D eigenvalue weighted by molar-refractivity contribution is 6.76. The standard InChI is InChI=1S/C29H41N5O4Si/c1-19-15-25(33(5)28(36)38-29(2,3)4)30-16-22(19)23-17-34(18-37-13-14-39(6,7)8)26-21(23)11-12-24(31-26)32-27(35)20-9-10-20/h11-12,15-17,20H,9-10,13-14,18H2,1-8H3,(H,31,32,35). The largest absolute Gasteiger partial charge is 0.443 e. The molecule has 210 valence electrons. The van der Waals surface area contributed by atoms with Gasteiger partial charge in [0.1, 0.15) is 29.6 Å². The number of carbonyl (C=O) groups is 2. The van der Waals surface area contributed by atoms with Gasteiger partial charge in [0.25, 0.3) is 0 Å². The van der Waals surface area contributed by atoms with Crippen LogP contribution in [0.5, 0.6) is 0 Å². The Balaban J connectivity index is 1.64. The minimum atomic E-state index is -1.22. The molecular weight excluding hydrogens is 510 g/mol. The van der Waals surface area contributed by atoms with Crippen LogP contribution < -0.4 is 10.2 Å². The third-order valence-corrected chi connectivity index (χ3v) is 8.25. The van der Waals surface area contributed by atoms with E-state index in [-0.39, 0.29) is 11.8 Å². The summed E-state index contributed by atoms with van der Waals surface area (Å²) in [6, 6.07) is 6.78. The number of anilines is 2. The van der Waals surface area contributed by atoms with Crippen LogP contribution in [0.3, 0.4) is 0 Å². The highest BCUT2D eigenvalue weighted by atomic mass is 28.3. The molecule has 0 atom stereocenters. The second-order valence-electron chi connectivity index (χ2n) is 12.6. The van der Waals surface area contributed by atoms with Crippen molar-refractivity contribution in [3.63, 3.8) is 0 Å². The van der Waals surface area contributed by atoms with Crippen LogP contribution in [0.15, 0.2) is 30.6 Å². The average molecular weight is 552 g/mol. The van der Waals surface area contributed by atoms with Crippen LogP contribution in [-0.2, 0) is 21.0 Å². The summed E-state index contributed by atoms with van der Waals surface area (Å²) in [5, 5.41) is 3.89. The molecule has 1 saturated carbocycles. The summed E-state index contributed by atoms with van der Waals surface area (Å²) < 4.78 is 13.5. The van der Waals surface area contributed by atoms with E-state index in [0.29, 0.717) is 25.0 Å². The molecule has 4 rings (SSSR count). The molecule has 0 aromatic carbocycles. The van der Waals surface area contributed by atoms with Gasteiger partial charge >= 0.3 is 6.09 Å². The van der Waals surface area contributed by atoms with Gasteiger partial charge in [0, 0.05) is 56.6 Å². The van der Waals surface area contributed by atoms with Crippen molar-refractivity contribution in [1.82, 2.24) is 14.5 Å². The maximum absolute atomic E-state index is 12.6. The number of nitrogens with one attached hydrogen (secondary N) is 1. The lowest BCUT2D eigenvalue weighted by Crippen LogP contribution is -2.34. The monoisotopic (exact) mass is 551 g/mol. The van der Waals surface area contributed by atoms with Gasteiger partial charge in [0.05, 0.1) is 0 Å². The molecule has 1 fully saturated rings. The van der Waals surface area contributed by atoms with Gasteiger partial charge in [0.15, 0.2) is 0 Å². The van der Waals surface area contributed by atoms with Gasteiger partial charge in [-0.05, 0) is 70.3 Å². The summed E-state index contributed by atoms with van der Waals surface area (Å²) in [7, 11) is 0.438. The Morgan fingerprint density at radius 1 is 1.18 bits per heavy atom. The Hall–Kier alpha value is -3.24. The molecule has 3 aromatic rings. The Bertz CT molecular complexity index is 1370. The van der Waals surface area contributed by atoms with Gasteiger partial charge in [-0.2, -0.15) is 0 Å². The number of hydrogen-bond donors (Lipinski definition) is 1. The average Bonchev–Trinajstić information content (AvgIpc) is 3.62. The normalized spacial score (nSPS) is 13.9. The van der Waals surface area contributed by atoms with E-state index in [4.69, 9.17) is 14.5 Å². The predicted molar refractivity (Wildman–Crippen MR) is 158 cm³/mol. The van der Waals surface area contributed by atoms with Gasteiger partial charge < -0.3 is 19.4 Å². The molecule has 1 aliphatic rings. The van der Waals surface area contributed by atoms with E-state index in [1.54, 1.807) is 13.2 Å². The number of hydrogen-bond acceptors (Lipinski definition) is 6. The fourth-order valence-corrected chi connectivity index (χ4v) is 4.85. The molecule has 1 aliphatic carbocycles. The van der Waals surface area contributed by atoms with Crippen LogP contribution in [-0.4, -0.2) is 53.9 Å². The smallest absolute Gasteiger partial charge is 0.415 e. The Morgan fingerprint density at radius 2 is 1.90 bits per heavy atom. The zero-order chi connectivity index (χ0) is 28.5. The second kappa shape index (κ2) is 11.1. The van der Waals surface area contributed by atoms with E-state index in [1.165, 1.54) is 4.90 Å². The van der Waals surface area contributed by atoms with E-state index in [0.717, 1.165) is 46.6 Å². The fraction of sp³-hybridized carbons (Fsp3) is 0.517. The van der Waals surface area contributed by atoms with Crippen molar-refractivity contribution >= 4 is 42.7 Å². The number of fused-ring (bicyclic) bond motifs is 1. The van der Waals surface area contributed by atoms with Gasteiger partial charge in [-0.25, -0.2) is 14.8 Å². The number of amides is 2. The number of ether oxygens (including phenoxy) is 2. The van der Waals surface area contributed by atoms with Gasteiger partial charge in [0.2, 0.25) is 5.91 Å². The van der Waals surface area contributed by atoms with Crippen molar-refractivity contribution < 1.29 is 19.1 Å². The molecule has 3 heterocycles. The number of aromatic nitrogens is 3. The predicted octanol–water partition coefficient (Wildman–Crippen LogP) is 6.44. The maximum Gasteiger partial charge on any atom is 0.415 e. The summed E-state index contributed by atoms with van der Waals surface area (Å²) in [6.07, 6.45) is 5.22. The lowest BCUT2D eigenvalue weighted by Gasteiger charge is -2.24. The zero-order valence-corrected chi connectivity index (χ0v) is 25.4. The topological polar surface area (TPSA) is 98.6 Å². The van der Waals surface area contributed by atoms with Crippen LogP contribution >= 0.6 is 0 Å². The van der Waals surface area contributed by atoms with Crippen LogP contribution in [0, 0.1) is 12.8 Å². The SMILES string of the molecule is Cc1cc(N(C)C(=O)OC(C)(C)C)ncc1-c1cn(COCC[Si](C)(C)C)c2nc(NC(=O)C3CC3)ccc12. The summed E-state index contributed by atoms with van der Waals surface area (Å²) >= 11 is 0. The summed E-state index contributed by atoms with van der Waals surface area (Å²) in [4.78, 5) is 35.7. The van der Waals surface area contributed by atoms with E-state index >= 15 is 0 Å². The van der Waals surface area contributed by atoms with E-state index in [2.05, 4.69) is 29.9 Å². The van der Waals surface area contributed by atoms with Crippen molar-refractivity contribution in [2.24, 2.45) is 5.92 Å². The first kappa shape index (κ1) is 28.8. The fourth-order valence-electron chi connectivity index (χ4n) is 4.09. The molecule has 39 heavy (non-hydrogen) atoms. The molecular formula is C29H41N5O4Si. The zero-order valence-electron chi connectivity index (χ0n) is 24.4. The molecule has 0 unspecified atom stereocenters. The minimum absolute atomic E-state index is 0.0244. The number of pyridine rings is 2. The second-order valence-corrected chi connectivity index (χ2v) is 18.2. The van der Waals surface area contributed by atoms with Crippen molar-refractivity contribution in [3.8, 4) is 11.1 Å². The lowest BCUT2D eigenvalue weighted by molar-refractivity contribution is -0.117. The molecule has 1 N–H and O–H groups in total. The molecule has 0 bridgehead atoms. The summed E-state index contributed by atoms with van der Waals surface area (Å²) in [5.41, 5.74) is 2.99. The van der Waals surface area contributed by atoms with Gasteiger partial charge in [-0.15, -0.1) is 0 Å². The van der Waals surface area contributed by atoms with E-state index in [1.807, 2.05) is 56.7 Å². The molecule has 0 spiro atoms. The number of carbonyl (C=O) groups excluding carboxylic acids is 2. The van der Waals surface area contributed by atoms with Crippen LogP contribution in [0.2, 0.25) is 25.7 Å². The molecule has 2 amide bonds. The first-order chi connectivity index (χ1) is 18.2. The highest BCUT2D eigenvalue weighted by Crippen LogP contribution is 2.34. The summed E-state index contributed by atoms with van der Waals surface area (Å²) in [5.74, 6) is 1.17. The van der Waals surface area contributed by atoms with Crippen molar-refractivity contribution in [1.29, 1.82) is 0 Å². The number of nitrogens with zero attached hydrogens (tertiary/aromatic N) is 4. The van der Waals surface area contributed by atoms with E-state index < -0.39 is 19.8 Å². The first-order valence-electron chi connectivity index (χ1n) is 13.5. The van der Waals surface area contributed by atoms with Gasteiger partial charge in [-0.1, -0.05) is 19.6 Å². The van der Waals surface area contributed by atoms with Crippen LogP contribution in [0.4, 0.5) is 16.4 Å². The van der Waals surface area contributed by atoms with Crippen molar-refractivity contribution in [2.75, 3.05) is 23.9 Å². The molecule has 9 nitrogen and oxygen atoms in total. The molecule has 0 saturated heterocycles. The molecule has 3 aromatic heterocycles. The van der Waals surface area contributed by atoms with Crippen LogP contribution in [0.1, 0.15) is 39.2 Å². The Kier molecular flexibility index (Phi) is 8.18. The minimum Gasteiger partial charge on any atom is -0.443 e. The number of rotatable bonds is 9. The molecule has 0 aliphatic heterocycles. The maximum atomic E-state index is 12.6. The van der Waals surface area contributed by atoms with Crippen LogP contribution in [0.25, 0.3) is 22.2 Å². The molecule has 0 radical (unpaired) electrons. The van der Waals surface area contributed by atoms with Crippen molar-refractivity contribution in [2.45, 2.75) is 78.6 Å². The molecule has 10 heteroatoms. The Labute approximate surface area is 231 Å². The van der Waals surface area contributed by atoms with Crippen molar-refractivity contribution in [3.05, 3.63) is 36.2 Å². The quantitative estimate of drug-likeness (QED) is 0.243. The number of aryl methyl sites for hydroxylation is 1. The highest BCUT2D eigenvalue weighted by Gasteiger charge is 2.30.